The summed E-state index contributed by atoms with van der Waals surface area (Å²) in [5.74, 6) is 2.45. The van der Waals surface area contributed by atoms with Crippen LogP contribution in [0.25, 0.3) is 11.0 Å². The van der Waals surface area contributed by atoms with Crippen LogP contribution in [0.15, 0.2) is 6.20 Å². The number of hydrogen-bond donors (Lipinski definition) is 3. The summed E-state index contributed by atoms with van der Waals surface area (Å²) in [5, 5.41) is 14.2. The van der Waals surface area contributed by atoms with Gasteiger partial charge in [0, 0.05) is 13.6 Å². The van der Waals surface area contributed by atoms with Crippen molar-refractivity contribution in [2.75, 3.05) is 24.2 Å². The van der Waals surface area contributed by atoms with Gasteiger partial charge in [0.2, 0.25) is 5.95 Å². The summed E-state index contributed by atoms with van der Waals surface area (Å²) >= 11 is 0. The molecule has 96 valence electrons. The Bertz CT molecular complexity index is 530. The molecule has 18 heavy (non-hydrogen) atoms. The van der Waals surface area contributed by atoms with Crippen molar-refractivity contribution in [3.63, 3.8) is 0 Å². The average Bonchev–Trinajstić information content (AvgIpc) is 3.09. The molecule has 0 radical (unpaired) electrons. The molecule has 1 aliphatic rings. The Kier molecular flexibility index (Phi) is 3.00. The predicted molar refractivity (Wildman–Crippen MR) is 71.7 cm³/mol. The molecular weight excluding hydrogens is 228 g/mol. The number of nitrogens with one attached hydrogen (secondary N) is 3. The van der Waals surface area contributed by atoms with E-state index < -0.39 is 0 Å². The summed E-state index contributed by atoms with van der Waals surface area (Å²) < 4.78 is 0. The molecule has 1 aliphatic carbocycles. The van der Waals surface area contributed by atoms with Crippen molar-refractivity contribution in [1.82, 2.24) is 20.2 Å². The van der Waals surface area contributed by atoms with E-state index in [2.05, 4.69) is 30.8 Å². The Balaban J connectivity index is 1.70. The largest absolute Gasteiger partial charge is 0.369 e. The molecule has 0 spiro atoms. The number of H-pyrrole nitrogens is 1. The molecule has 2 heterocycles. The first kappa shape index (κ1) is 11.3. The summed E-state index contributed by atoms with van der Waals surface area (Å²) in [5.41, 5.74) is 0.763. The van der Waals surface area contributed by atoms with Crippen molar-refractivity contribution in [1.29, 1.82) is 0 Å². The highest BCUT2D eigenvalue weighted by Gasteiger charge is 2.20. The summed E-state index contributed by atoms with van der Waals surface area (Å²) in [4.78, 5) is 8.73. The first-order valence-electron chi connectivity index (χ1n) is 6.49. The van der Waals surface area contributed by atoms with Gasteiger partial charge in [-0.2, -0.15) is 15.1 Å². The highest BCUT2D eigenvalue weighted by atomic mass is 15.2. The molecule has 0 saturated heterocycles. The minimum absolute atomic E-state index is 0.608. The fourth-order valence-electron chi connectivity index (χ4n) is 2.09. The van der Waals surface area contributed by atoms with Crippen LogP contribution in [0.1, 0.15) is 25.7 Å². The van der Waals surface area contributed by atoms with Gasteiger partial charge in [-0.1, -0.05) is 12.8 Å². The molecule has 6 nitrogen and oxygen atoms in total. The molecule has 1 fully saturated rings. The molecule has 6 heteroatoms. The molecule has 2 aromatic rings. The van der Waals surface area contributed by atoms with Gasteiger partial charge in [0.1, 0.15) is 5.82 Å². The first-order valence-corrected chi connectivity index (χ1v) is 6.49. The first-order chi connectivity index (χ1) is 8.86. The Hall–Kier alpha value is -1.85. The summed E-state index contributed by atoms with van der Waals surface area (Å²) in [6.45, 7) is 0.955. The normalized spacial score (nSPS) is 14.9. The maximum absolute atomic E-state index is 4.43. The van der Waals surface area contributed by atoms with Crippen LogP contribution in [0.4, 0.5) is 11.8 Å². The smallest absolute Gasteiger partial charge is 0.226 e. The van der Waals surface area contributed by atoms with Crippen molar-refractivity contribution in [3.05, 3.63) is 6.20 Å². The van der Waals surface area contributed by atoms with E-state index in [0.717, 1.165) is 29.3 Å². The maximum atomic E-state index is 4.43. The van der Waals surface area contributed by atoms with Crippen LogP contribution >= 0.6 is 0 Å². The number of nitrogens with zero attached hydrogens (tertiary/aromatic N) is 3. The molecule has 0 unspecified atom stereocenters. The Morgan fingerprint density at radius 1 is 1.39 bits per heavy atom. The third kappa shape index (κ3) is 2.37. The van der Waals surface area contributed by atoms with E-state index in [-0.39, 0.29) is 0 Å². The number of fused-ring (bicyclic) bond motifs is 1. The van der Waals surface area contributed by atoms with Crippen molar-refractivity contribution in [3.8, 4) is 0 Å². The SMILES string of the molecule is CNc1nc(NCCCC2CC2)c2cn[nH]c2n1. The molecular formula is C12H18N6. The zero-order chi connectivity index (χ0) is 12.4. The molecule has 2 aromatic heterocycles. The lowest BCUT2D eigenvalue weighted by molar-refractivity contribution is 0.687. The average molecular weight is 246 g/mol. The number of aromatic amines is 1. The predicted octanol–water partition coefficient (Wildman–Crippen LogP) is 2.00. The Morgan fingerprint density at radius 2 is 2.28 bits per heavy atom. The van der Waals surface area contributed by atoms with Gasteiger partial charge in [0.15, 0.2) is 5.65 Å². The summed E-state index contributed by atoms with van der Waals surface area (Å²) in [6.07, 6.45) is 7.12. The van der Waals surface area contributed by atoms with Crippen molar-refractivity contribution in [2.24, 2.45) is 5.92 Å². The van der Waals surface area contributed by atoms with Crippen molar-refractivity contribution < 1.29 is 0 Å². The molecule has 0 atom stereocenters. The highest BCUT2D eigenvalue weighted by molar-refractivity contribution is 5.86. The van der Waals surface area contributed by atoms with Crippen LogP contribution in [-0.2, 0) is 0 Å². The minimum atomic E-state index is 0.608. The monoisotopic (exact) mass is 246 g/mol. The fraction of sp³-hybridized carbons (Fsp3) is 0.583. The zero-order valence-corrected chi connectivity index (χ0v) is 10.5. The second-order valence-electron chi connectivity index (χ2n) is 4.79. The quantitative estimate of drug-likeness (QED) is 0.679. The molecule has 1 saturated carbocycles. The van der Waals surface area contributed by atoms with Crippen LogP contribution in [-0.4, -0.2) is 33.8 Å². The third-order valence-electron chi connectivity index (χ3n) is 3.31. The van der Waals surface area contributed by atoms with E-state index in [1.807, 2.05) is 7.05 Å². The van der Waals surface area contributed by atoms with E-state index in [9.17, 15) is 0 Å². The Labute approximate surface area is 106 Å². The van der Waals surface area contributed by atoms with Crippen LogP contribution in [0.5, 0.6) is 0 Å². The lowest BCUT2D eigenvalue weighted by Crippen LogP contribution is -2.06. The van der Waals surface area contributed by atoms with E-state index in [1.165, 1.54) is 25.7 Å². The lowest BCUT2D eigenvalue weighted by Gasteiger charge is -2.07. The maximum Gasteiger partial charge on any atom is 0.226 e. The van der Waals surface area contributed by atoms with E-state index >= 15 is 0 Å². The lowest BCUT2D eigenvalue weighted by atomic mass is 10.2. The van der Waals surface area contributed by atoms with Crippen LogP contribution in [0.2, 0.25) is 0 Å². The van der Waals surface area contributed by atoms with E-state index in [4.69, 9.17) is 0 Å². The second kappa shape index (κ2) is 4.80. The van der Waals surface area contributed by atoms with Gasteiger partial charge < -0.3 is 10.6 Å². The second-order valence-corrected chi connectivity index (χ2v) is 4.79. The summed E-state index contributed by atoms with van der Waals surface area (Å²) in [7, 11) is 1.81. The molecule has 0 bridgehead atoms. The Morgan fingerprint density at radius 3 is 3.06 bits per heavy atom. The number of hydrogen-bond acceptors (Lipinski definition) is 5. The fourth-order valence-corrected chi connectivity index (χ4v) is 2.09. The van der Waals surface area contributed by atoms with Crippen LogP contribution in [0, 0.1) is 5.92 Å². The van der Waals surface area contributed by atoms with Gasteiger partial charge in [0.05, 0.1) is 11.6 Å². The number of rotatable bonds is 6. The van der Waals surface area contributed by atoms with Crippen molar-refractivity contribution in [2.45, 2.75) is 25.7 Å². The van der Waals surface area contributed by atoms with Crippen LogP contribution < -0.4 is 10.6 Å². The van der Waals surface area contributed by atoms with Gasteiger partial charge in [-0.3, -0.25) is 5.10 Å². The number of aromatic nitrogens is 4. The molecule has 0 aromatic carbocycles. The van der Waals surface area contributed by atoms with Gasteiger partial charge in [-0.15, -0.1) is 0 Å². The van der Waals surface area contributed by atoms with Gasteiger partial charge in [-0.25, -0.2) is 0 Å². The molecule has 0 amide bonds. The van der Waals surface area contributed by atoms with E-state index in [0.29, 0.717) is 5.95 Å². The molecule has 0 aliphatic heterocycles. The molecule has 3 N–H and O–H groups in total. The standard InChI is InChI=1S/C12H18N6/c1-13-12-16-10(9-7-15-18-11(9)17-12)14-6-2-3-8-4-5-8/h7-8H,2-6H2,1H3,(H3,13,14,15,16,17,18). The third-order valence-corrected chi connectivity index (χ3v) is 3.31. The highest BCUT2D eigenvalue weighted by Crippen LogP contribution is 2.33. The number of anilines is 2. The summed E-state index contributed by atoms with van der Waals surface area (Å²) in [6, 6.07) is 0. The topological polar surface area (TPSA) is 78.5 Å². The van der Waals surface area contributed by atoms with Crippen molar-refractivity contribution >= 4 is 22.8 Å². The van der Waals surface area contributed by atoms with E-state index in [1.54, 1.807) is 6.20 Å². The zero-order valence-electron chi connectivity index (χ0n) is 10.5. The molecule has 3 rings (SSSR count). The van der Waals surface area contributed by atoms with Gasteiger partial charge in [-0.05, 0) is 18.8 Å². The van der Waals surface area contributed by atoms with Gasteiger partial charge >= 0.3 is 0 Å². The van der Waals surface area contributed by atoms with Gasteiger partial charge in [0.25, 0.3) is 0 Å². The van der Waals surface area contributed by atoms with Crippen LogP contribution in [0.3, 0.4) is 0 Å². The minimum Gasteiger partial charge on any atom is -0.369 e.